The molecule has 0 saturated carbocycles. The topological polar surface area (TPSA) is 42.1 Å². The first-order valence-corrected chi connectivity index (χ1v) is 7.43. The summed E-state index contributed by atoms with van der Waals surface area (Å²) < 4.78 is 54.6. The number of aromatic nitrogens is 1. The van der Waals surface area contributed by atoms with Gasteiger partial charge in [0.25, 0.3) is 0 Å². The number of hydrogen-bond donors (Lipinski definition) is 1. The Bertz CT molecular complexity index is 729. The summed E-state index contributed by atoms with van der Waals surface area (Å²) in [7, 11) is 0. The van der Waals surface area contributed by atoms with Crippen molar-refractivity contribution in [2.45, 2.75) is 38.0 Å². The first-order valence-electron chi connectivity index (χ1n) is 7.43. The molecule has 1 fully saturated rings. The fraction of sp³-hybridized carbons (Fsp3) is 0.438. The fourth-order valence-electron chi connectivity index (χ4n) is 3.28. The lowest BCUT2D eigenvalue weighted by Crippen LogP contribution is -2.59. The van der Waals surface area contributed by atoms with Crippen molar-refractivity contribution in [2.24, 2.45) is 5.73 Å². The Morgan fingerprint density at radius 3 is 2.78 bits per heavy atom. The molecule has 1 aliphatic rings. The summed E-state index contributed by atoms with van der Waals surface area (Å²) in [6.07, 6.45) is -2.15. The second-order valence-corrected chi connectivity index (χ2v) is 5.89. The molecule has 2 heterocycles. The largest absolute Gasteiger partial charge is 0.410 e. The summed E-state index contributed by atoms with van der Waals surface area (Å²) in [5.74, 6) is -0.564. The number of nitrogens with zero attached hydrogens (tertiary/aromatic N) is 2. The second kappa shape index (κ2) is 5.63. The molecule has 2 aromatic rings. The summed E-state index contributed by atoms with van der Waals surface area (Å²) in [5, 5.41) is 0.509. The van der Waals surface area contributed by atoms with Gasteiger partial charge in [-0.3, -0.25) is 4.98 Å². The molecule has 0 spiro atoms. The van der Waals surface area contributed by atoms with E-state index in [-0.39, 0.29) is 12.2 Å². The molecule has 1 aliphatic heterocycles. The Hall–Kier alpha value is -1.89. The number of halogens is 4. The van der Waals surface area contributed by atoms with Crippen LogP contribution in [0.15, 0.2) is 24.4 Å². The molecular formula is C16H17F4N3. The van der Waals surface area contributed by atoms with Crippen LogP contribution in [0.1, 0.15) is 18.4 Å². The molecule has 1 unspecified atom stereocenters. The van der Waals surface area contributed by atoms with E-state index < -0.39 is 24.1 Å². The Balaban J connectivity index is 2.20. The lowest BCUT2D eigenvalue weighted by molar-refractivity contribution is -0.155. The van der Waals surface area contributed by atoms with Crippen LogP contribution in [0.25, 0.3) is 10.9 Å². The van der Waals surface area contributed by atoms with Crippen LogP contribution in [0, 0.1) is 12.7 Å². The zero-order chi connectivity index (χ0) is 16.8. The van der Waals surface area contributed by atoms with Crippen LogP contribution in [0.2, 0.25) is 0 Å². The van der Waals surface area contributed by atoms with Gasteiger partial charge in [-0.1, -0.05) is 0 Å². The molecule has 3 nitrogen and oxygen atoms in total. The van der Waals surface area contributed by atoms with E-state index in [1.54, 1.807) is 19.1 Å². The van der Waals surface area contributed by atoms with E-state index in [4.69, 9.17) is 5.73 Å². The maximum atomic E-state index is 14.2. The van der Waals surface area contributed by atoms with Gasteiger partial charge in [-0.2, -0.15) is 13.2 Å². The molecule has 0 bridgehead atoms. The average Bonchev–Trinajstić information content (AvgIpc) is 2.49. The van der Waals surface area contributed by atoms with Crippen LogP contribution >= 0.6 is 0 Å². The highest BCUT2D eigenvalue weighted by molar-refractivity contribution is 5.94. The van der Waals surface area contributed by atoms with E-state index in [1.165, 1.54) is 11.1 Å². The molecule has 7 heteroatoms. The Kier molecular flexibility index (Phi) is 3.91. The third kappa shape index (κ3) is 2.73. The van der Waals surface area contributed by atoms with Gasteiger partial charge in [-0.15, -0.1) is 0 Å². The van der Waals surface area contributed by atoms with E-state index in [2.05, 4.69) is 4.98 Å². The standard InChI is InChI=1S/C16H17F4N3/c1-9-11(17)8-13(10-4-2-6-22-14(9)10)23-7-3-5-12(21)15(23)16(18,19)20/h2,4,6,8,12,15H,3,5,7,21H2,1H3/t12-,15?/m1/s1. The summed E-state index contributed by atoms with van der Waals surface area (Å²) >= 11 is 0. The number of alkyl halides is 3. The molecule has 1 aromatic heterocycles. The predicted molar refractivity (Wildman–Crippen MR) is 80.8 cm³/mol. The zero-order valence-corrected chi connectivity index (χ0v) is 12.6. The summed E-state index contributed by atoms with van der Waals surface area (Å²) in [6.45, 7) is 1.75. The van der Waals surface area contributed by atoms with Gasteiger partial charge in [0, 0.05) is 35.4 Å². The van der Waals surface area contributed by atoms with Crippen molar-refractivity contribution >= 4 is 16.6 Å². The molecule has 0 radical (unpaired) electrons. The number of rotatable bonds is 1. The third-order valence-corrected chi connectivity index (χ3v) is 4.38. The van der Waals surface area contributed by atoms with Gasteiger partial charge in [0.2, 0.25) is 0 Å². The van der Waals surface area contributed by atoms with Gasteiger partial charge in [0.1, 0.15) is 11.9 Å². The van der Waals surface area contributed by atoms with Crippen LogP contribution in [0.4, 0.5) is 23.2 Å². The molecule has 23 heavy (non-hydrogen) atoms. The van der Waals surface area contributed by atoms with Gasteiger partial charge < -0.3 is 10.6 Å². The molecule has 0 amide bonds. The lowest BCUT2D eigenvalue weighted by atomic mass is 9.94. The molecule has 1 saturated heterocycles. The predicted octanol–water partition coefficient (Wildman–Crippen LogP) is 3.54. The number of aryl methyl sites for hydroxylation is 1. The highest BCUT2D eigenvalue weighted by atomic mass is 19.4. The number of piperidine rings is 1. The molecule has 3 rings (SSSR count). The van der Waals surface area contributed by atoms with Crippen LogP contribution in [-0.4, -0.2) is 29.8 Å². The second-order valence-electron chi connectivity index (χ2n) is 5.89. The van der Waals surface area contributed by atoms with Crippen LogP contribution in [-0.2, 0) is 0 Å². The van der Waals surface area contributed by atoms with Crippen molar-refractivity contribution in [1.29, 1.82) is 0 Å². The summed E-state index contributed by atoms with van der Waals surface area (Å²) in [4.78, 5) is 5.31. The van der Waals surface area contributed by atoms with Crippen LogP contribution in [0.3, 0.4) is 0 Å². The first kappa shape index (κ1) is 16.0. The number of anilines is 1. The SMILES string of the molecule is Cc1c(F)cc(N2CCC[C@@H](N)C2C(F)(F)F)c2cccnc12. The fourth-order valence-corrected chi connectivity index (χ4v) is 3.28. The first-order chi connectivity index (χ1) is 10.8. The van der Waals surface area contributed by atoms with Crippen molar-refractivity contribution in [2.75, 3.05) is 11.4 Å². The monoisotopic (exact) mass is 327 g/mol. The minimum atomic E-state index is -4.48. The quantitative estimate of drug-likeness (QED) is 0.815. The highest BCUT2D eigenvalue weighted by Crippen LogP contribution is 2.38. The maximum Gasteiger partial charge on any atom is 0.410 e. The summed E-state index contributed by atoms with van der Waals surface area (Å²) in [6, 6.07) is 1.62. The minimum absolute atomic E-state index is 0.185. The lowest BCUT2D eigenvalue weighted by Gasteiger charge is -2.42. The zero-order valence-electron chi connectivity index (χ0n) is 12.6. The van der Waals surface area contributed by atoms with Gasteiger partial charge >= 0.3 is 6.18 Å². The molecule has 2 atom stereocenters. The van der Waals surface area contributed by atoms with Crippen molar-refractivity contribution in [1.82, 2.24) is 4.98 Å². The van der Waals surface area contributed by atoms with Crippen molar-refractivity contribution in [3.63, 3.8) is 0 Å². The smallest absolute Gasteiger partial charge is 0.358 e. The normalized spacial score (nSPS) is 22.6. The number of fused-ring (bicyclic) bond motifs is 1. The van der Waals surface area contributed by atoms with E-state index in [9.17, 15) is 17.6 Å². The Labute approximate surface area is 131 Å². The van der Waals surface area contributed by atoms with Crippen molar-refractivity contribution in [3.8, 4) is 0 Å². The Morgan fingerprint density at radius 2 is 2.09 bits per heavy atom. The van der Waals surface area contributed by atoms with Gasteiger partial charge in [-0.05, 0) is 38.0 Å². The van der Waals surface area contributed by atoms with Crippen molar-refractivity contribution in [3.05, 3.63) is 35.8 Å². The molecule has 124 valence electrons. The molecule has 0 aliphatic carbocycles. The summed E-state index contributed by atoms with van der Waals surface area (Å²) in [5.41, 5.74) is 6.64. The van der Waals surface area contributed by atoms with E-state index in [1.807, 2.05) is 0 Å². The number of hydrogen-bond acceptors (Lipinski definition) is 3. The van der Waals surface area contributed by atoms with Crippen LogP contribution in [0.5, 0.6) is 0 Å². The van der Waals surface area contributed by atoms with Gasteiger partial charge in [-0.25, -0.2) is 4.39 Å². The number of benzene rings is 1. The van der Waals surface area contributed by atoms with E-state index >= 15 is 0 Å². The number of pyridine rings is 1. The van der Waals surface area contributed by atoms with Crippen molar-refractivity contribution < 1.29 is 17.6 Å². The number of nitrogens with two attached hydrogens (primary N) is 1. The van der Waals surface area contributed by atoms with Gasteiger partial charge in [0.15, 0.2) is 0 Å². The van der Waals surface area contributed by atoms with Gasteiger partial charge in [0.05, 0.1) is 5.52 Å². The maximum absolute atomic E-state index is 14.2. The van der Waals surface area contributed by atoms with E-state index in [0.29, 0.717) is 29.3 Å². The van der Waals surface area contributed by atoms with Crippen LogP contribution < -0.4 is 10.6 Å². The average molecular weight is 327 g/mol. The molecule has 2 N–H and O–H groups in total. The molecular weight excluding hydrogens is 310 g/mol. The molecule has 1 aromatic carbocycles. The van der Waals surface area contributed by atoms with E-state index in [0.717, 1.165) is 6.07 Å². The minimum Gasteiger partial charge on any atom is -0.358 e. The highest BCUT2D eigenvalue weighted by Gasteiger charge is 2.49. The third-order valence-electron chi connectivity index (χ3n) is 4.38. The Morgan fingerprint density at radius 1 is 1.35 bits per heavy atom.